The predicted octanol–water partition coefficient (Wildman–Crippen LogP) is 1.91. The molecule has 0 spiro atoms. The second kappa shape index (κ2) is 7.62. The van der Waals surface area contributed by atoms with Crippen molar-refractivity contribution in [1.29, 1.82) is 0 Å². The van der Waals surface area contributed by atoms with Gasteiger partial charge in [-0.2, -0.15) is 0 Å². The van der Waals surface area contributed by atoms with Crippen LogP contribution in [-0.4, -0.2) is 61.0 Å². The molecule has 0 radical (unpaired) electrons. The summed E-state index contributed by atoms with van der Waals surface area (Å²) in [6.07, 6.45) is 5.59. The van der Waals surface area contributed by atoms with Gasteiger partial charge in [-0.25, -0.2) is 4.79 Å². The van der Waals surface area contributed by atoms with Crippen LogP contribution in [0.2, 0.25) is 0 Å². The van der Waals surface area contributed by atoms with Gasteiger partial charge in [0, 0.05) is 32.1 Å². The van der Waals surface area contributed by atoms with Crippen LogP contribution in [0, 0.1) is 5.92 Å². The fourth-order valence-electron chi connectivity index (χ4n) is 3.08. The zero-order valence-corrected chi connectivity index (χ0v) is 12.5. The molecule has 0 bridgehead atoms. The van der Waals surface area contributed by atoms with Crippen LogP contribution in [0.25, 0.3) is 0 Å². The average molecular weight is 282 g/mol. The van der Waals surface area contributed by atoms with E-state index >= 15 is 0 Å². The number of piperazine rings is 1. The number of hydrogen-bond donors (Lipinski definition) is 0. The molecular formula is C15H26N2O3. The first-order valence-electron chi connectivity index (χ1n) is 7.87. The Balaban J connectivity index is 1.71. The van der Waals surface area contributed by atoms with Crippen LogP contribution < -0.4 is 0 Å². The molecule has 5 heteroatoms. The fraction of sp³-hybridized carbons (Fsp3) is 0.867. The maximum absolute atomic E-state index is 12.2. The minimum Gasteiger partial charge on any atom is -0.450 e. The molecule has 0 unspecified atom stereocenters. The molecule has 20 heavy (non-hydrogen) atoms. The molecule has 2 fully saturated rings. The first kappa shape index (κ1) is 15.3. The first-order chi connectivity index (χ1) is 9.70. The van der Waals surface area contributed by atoms with Crippen molar-refractivity contribution < 1.29 is 14.3 Å². The maximum atomic E-state index is 12.2. The molecule has 0 atom stereocenters. The number of rotatable bonds is 4. The quantitative estimate of drug-likeness (QED) is 0.790. The van der Waals surface area contributed by atoms with Crippen molar-refractivity contribution in [2.24, 2.45) is 5.92 Å². The highest BCUT2D eigenvalue weighted by atomic mass is 16.6. The van der Waals surface area contributed by atoms with Gasteiger partial charge in [0.05, 0.1) is 13.2 Å². The van der Waals surface area contributed by atoms with Crippen LogP contribution in [0.15, 0.2) is 0 Å². The Hall–Kier alpha value is -1.10. The number of nitrogens with zero attached hydrogens (tertiary/aromatic N) is 2. The van der Waals surface area contributed by atoms with Crippen LogP contribution in [0.3, 0.4) is 0 Å². The lowest BCUT2D eigenvalue weighted by atomic mass is 9.86. The van der Waals surface area contributed by atoms with E-state index in [0.29, 0.717) is 32.0 Å². The van der Waals surface area contributed by atoms with Gasteiger partial charge in [0.1, 0.15) is 5.78 Å². The summed E-state index contributed by atoms with van der Waals surface area (Å²) in [5.41, 5.74) is 0. The number of amides is 1. The average Bonchev–Trinajstić information content (AvgIpc) is 2.49. The fourth-order valence-corrected chi connectivity index (χ4v) is 3.08. The number of carbonyl (C=O) groups is 2. The zero-order chi connectivity index (χ0) is 14.4. The van der Waals surface area contributed by atoms with E-state index in [9.17, 15) is 9.59 Å². The van der Waals surface area contributed by atoms with Gasteiger partial charge in [-0.05, 0) is 19.8 Å². The van der Waals surface area contributed by atoms with Crippen molar-refractivity contribution in [2.75, 3.05) is 39.3 Å². The van der Waals surface area contributed by atoms with Crippen molar-refractivity contribution in [3.8, 4) is 0 Å². The van der Waals surface area contributed by atoms with E-state index in [-0.39, 0.29) is 12.0 Å². The Morgan fingerprint density at radius 2 is 1.70 bits per heavy atom. The lowest BCUT2D eigenvalue weighted by Crippen LogP contribution is -2.50. The van der Waals surface area contributed by atoms with Crippen LogP contribution >= 0.6 is 0 Å². The van der Waals surface area contributed by atoms with Gasteiger partial charge in [-0.1, -0.05) is 19.3 Å². The third-order valence-corrected chi connectivity index (χ3v) is 4.34. The number of Topliss-reactive ketones (excluding diaryl/α,β-unsaturated/α-hetero) is 1. The molecule has 0 aromatic carbocycles. The Morgan fingerprint density at radius 3 is 2.30 bits per heavy atom. The molecule has 0 aromatic rings. The van der Waals surface area contributed by atoms with E-state index in [4.69, 9.17) is 4.74 Å². The number of ether oxygens (including phenoxy) is 1. The minimum absolute atomic E-state index is 0.231. The summed E-state index contributed by atoms with van der Waals surface area (Å²) < 4.78 is 4.99. The predicted molar refractivity (Wildman–Crippen MR) is 76.6 cm³/mol. The van der Waals surface area contributed by atoms with Gasteiger partial charge >= 0.3 is 6.09 Å². The van der Waals surface area contributed by atoms with Gasteiger partial charge in [0.15, 0.2) is 0 Å². The molecule has 1 aliphatic carbocycles. The van der Waals surface area contributed by atoms with Crippen LogP contribution in [0.4, 0.5) is 4.79 Å². The summed E-state index contributed by atoms with van der Waals surface area (Å²) in [5.74, 6) is 0.682. The smallest absolute Gasteiger partial charge is 0.409 e. The summed E-state index contributed by atoms with van der Waals surface area (Å²) >= 11 is 0. The molecule has 0 aromatic heterocycles. The molecule has 5 nitrogen and oxygen atoms in total. The molecule has 2 rings (SSSR count). The van der Waals surface area contributed by atoms with Crippen molar-refractivity contribution in [1.82, 2.24) is 9.80 Å². The zero-order valence-electron chi connectivity index (χ0n) is 12.5. The Morgan fingerprint density at radius 1 is 1.05 bits per heavy atom. The molecule has 114 valence electrons. The topological polar surface area (TPSA) is 49.9 Å². The highest BCUT2D eigenvalue weighted by Gasteiger charge is 2.26. The normalized spacial score (nSPS) is 21.8. The van der Waals surface area contributed by atoms with E-state index in [1.165, 1.54) is 19.3 Å². The first-order valence-corrected chi connectivity index (χ1v) is 7.87. The molecule has 1 saturated heterocycles. The van der Waals surface area contributed by atoms with Gasteiger partial charge in [0.2, 0.25) is 0 Å². The molecule has 0 N–H and O–H groups in total. The second-order valence-corrected chi connectivity index (χ2v) is 5.76. The third kappa shape index (κ3) is 4.20. The maximum Gasteiger partial charge on any atom is 0.409 e. The van der Waals surface area contributed by atoms with E-state index in [1.54, 1.807) is 4.90 Å². The second-order valence-electron chi connectivity index (χ2n) is 5.76. The highest BCUT2D eigenvalue weighted by Crippen LogP contribution is 2.24. The summed E-state index contributed by atoms with van der Waals surface area (Å²) in [5, 5.41) is 0. The van der Waals surface area contributed by atoms with Crippen LogP contribution in [-0.2, 0) is 9.53 Å². The van der Waals surface area contributed by atoms with Crippen LogP contribution in [0.1, 0.15) is 39.0 Å². The monoisotopic (exact) mass is 282 g/mol. The van der Waals surface area contributed by atoms with E-state index < -0.39 is 0 Å². The van der Waals surface area contributed by atoms with Gasteiger partial charge in [-0.15, -0.1) is 0 Å². The van der Waals surface area contributed by atoms with Gasteiger partial charge < -0.3 is 9.64 Å². The van der Waals surface area contributed by atoms with E-state index in [2.05, 4.69) is 4.90 Å². The molecule has 1 aliphatic heterocycles. The Labute approximate surface area is 121 Å². The summed E-state index contributed by atoms with van der Waals surface area (Å²) in [6.45, 7) is 5.67. The van der Waals surface area contributed by atoms with Crippen molar-refractivity contribution in [3.05, 3.63) is 0 Å². The Bertz CT molecular complexity index is 332. The van der Waals surface area contributed by atoms with Crippen molar-refractivity contribution in [2.45, 2.75) is 39.0 Å². The van der Waals surface area contributed by atoms with Gasteiger partial charge in [0.25, 0.3) is 0 Å². The SMILES string of the molecule is CCOC(=O)N1CCN(CC(=O)C2CCCCC2)CC1. The molecule has 1 amide bonds. The lowest BCUT2D eigenvalue weighted by molar-refractivity contribution is -0.125. The highest BCUT2D eigenvalue weighted by molar-refractivity contribution is 5.83. The third-order valence-electron chi connectivity index (χ3n) is 4.34. The Kier molecular flexibility index (Phi) is 5.83. The summed E-state index contributed by atoms with van der Waals surface area (Å²) in [4.78, 5) is 27.7. The van der Waals surface area contributed by atoms with Gasteiger partial charge in [-0.3, -0.25) is 9.69 Å². The van der Waals surface area contributed by atoms with E-state index in [1.807, 2.05) is 6.92 Å². The number of ketones is 1. The molecule has 1 heterocycles. The minimum atomic E-state index is -0.231. The molecule has 2 aliphatic rings. The van der Waals surface area contributed by atoms with Crippen LogP contribution in [0.5, 0.6) is 0 Å². The number of carbonyl (C=O) groups excluding carboxylic acids is 2. The molecular weight excluding hydrogens is 256 g/mol. The summed E-state index contributed by atoms with van der Waals surface area (Å²) in [6, 6.07) is 0. The molecule has 1 saturated carbocycles. The summed E-state index contributed by atoms with van der Waals surface area (Å²) in [7, 11) is 0. The van der Waals surface area contributed by atoms with E-state index in [0.717, 1.165) is 25.9 Å². The number of hydrogen-bond acceptors (Lipinski definition) is 4. The van der Waals surface area contributed by atoms with Crippen molar-refractivity contribution >= 4 is 11.9 Å². The lowest BCUT2D eigenvalue weighted by Gasteiger charge is -2.34. The largest absolute Gasteiger partial charge is 0.450 e. The standard InChI is InChI=1S/C15H26N2O3/c1-2-20-15(19)17-10-8-16(9-11-17)12-14(18)13-6-4-3-5-7-13/h13H,2-12H2,1H3. The van der Waals surface area contributed by atoms with Crippen molar-refractivity contribution in [3.63, 3.8) is 0 Å².